The van der Waals surface area contributed by atoms with E-state index < -0.39 is 0 Å². The van der Waals surface area contributed by atoms with Crippen molar-refractivity contribution in [3.8, 4) is 6.07 Å². The summed E-state index contributed by atoms with van der Waals surface area (Å²) < 4.78 is 2.03. The number of likely N-dealkylation sites (N-methyl/N-ethyl adjacent to an activating group) is 2. The third-order valence-electron chi connectivity index (χ3n) is 5.35. The molecular formula is C19H23N5O2S2. The Bertz CT molecular complexity index is 968. The van der Waals surface area contributed by atoms with Crippen molar-refractivity contribution in [3.05, 3.63) is 31.9 Å². The predicted molar refractivity (Wildman–Crippen MR) is 116 cm³/mol. The Kier molecular flexibility index (Phi) is 5.93. The third-order valence-corrected chi connectivity index (χ3v) is 6.83. The zero-order valence-corrected chi connectivity index (χ0v) is 18.1. The molecule has 1 aromatic rings. The van der Waals surface area contributed by atoms with Crippen LogP contribution in [0.15, 0.2) is 9.70 Å². The lowest BCUT2D eigenvalue weighted by Gasteiger charge is -2.37. The second-order valence-electron chi connectivity index (χ2n) is 6.88. The number of thiocarbonyl (C=S) groups is 1. The molecule has 2 aliphatic rings. The molecule has 3 heterocycles. The van der Waals surface area contributed by atoms with Gasteiger partial charge in [-0.05, 0) is 25.1 Å². The van der Waals surface area contributed by atoms with Crippen molar-refractivity contribution in [2.24, 2.45) is 7.05 Å². The van der Waals surface area contributed by atoms with Gasteiger partial charge in [0.15, 0.2) is 0 Å². The fourth-order valence-corrected chi connectivity index (χ4v) is 4.71. The maximum Gasteiger partial charge on any atom is 0.270 e. The highest BCUT2D eigenvalue weighted by Crippen LogP contribution is 2.35. The van der Waals surface area contributed by atoms with Gasteiger partial charge >= 0.3 is 0 Å². The molecule has 0 bridgehead atoms. The summed E-state index contributed by atoms with van der Waals surface area (Å²) in [6, 6.07) is 2.03. The number of thioether (sulfide) groups is 1. The van der Waals surface area contributed by atoms with Crippen LogP contribution in [0.25, 0.3) is 6.08 Å². The second kappa shape index (κ2) is 8.07. The predicted octanol–water partition coefficient (Wildman–Crippen LogP) is 1.54. The topological polar surface area (TPSA) is 72.6 Å². The van der Waals surface area contributed by atoms with E-state index in [0.29, 0.717) is 14.8 Å². The lowest BCUT2D eigenvalue weighted by Crippen LogP contribution is -2.48. The molecule has 2 aliphatic heterocycles. The Hall–Kier alpha value is -2.15. The number of hydrogen-bond donors (Lipinski definition) is 0. The van der Waals surface area contributed by atoms with E-state index in [0.717, 1.165) is 44.1 Å². The molecule has 148 valence electrons. The van der Waals surface area contributed by atoms with Crippen LogP contribution in [0.5, 0.6) is 0 Å². The summed E-state index contributed by atoms with van der Waals surface area (Å²) in [7, 11) is 3.34. The molecule has 1 amide bonds. The summed E-state index contributed by atoms with van der Waals surface area (Å²) in [4.78, 5) is 31.7. The van der Waals surface area contributed by atoms with Gasteiger partial charge in [0, 0.05) is 45.8 Å². The van der Waals surface area contributed by atoms with E-state index >= 15 is 0 Å². The normalized spacial score (nSPS) is 19.6. The first-order valence-electron chi connectivity index (χ1n) is 9.12. The van der Waals surface area contributed by atoms with Crippen molar-refractivity contribution in [1.29, 1.82) is 5.26 Å². The first kappa shape index (κ1) is 20.6. The van der Waals surface area contributed by atoms with Crippen LogP contribution in [0.4, 0.5) is 5.82 Å². The quantitative estimate of drug-likeness (QED) is 0.546. The largest absolute Gasteiger partial charge is 0.355 e. The lowest BCUT2D eigenvalue weighted by molar-refractivity contribution is -0.121. The highest BCUT2D eigenvalue weighted by molar-refractivity contribution is 8.26. The average molecular weight is 418 g/mol. The highest BCUT2D eigenvalue weighted by Gasteiger charge is 2.31. The van der Waals surface area contributed by atoms with Crippen molar-refractivity contribution in [2.45, 2.75) is 13.8 Å². The molecule has 0 radical (unpaired) electrons. The number of hydrogen-bond acceptors (Lipinski definition) is 7. The minimum Gasteiger partial charge on any atom is -0.355 e. The van der Waals surface area contributed by atoms with E-state index in [1.165, 1.54) is 21.2 Å². The van der Waals surface area contributed by atoms with Crippen molar-refractivity contribution < 1.29 is 4.79 Å². The minimum absolute atomic E-state index is 0.108. The maximum absolute atomic E-state index is 12.7. The summed E-state index contributed by atoms with van der Waals surface area (Å²) in [5, 5.41) is 9.51. The molecule has 7 nitrogen and oxygen atoms in total. The summed E-state index contributed by atoms with van der Waals surface area (Å²) in [6.07, 6.45) is 1.78. The second-order valence-corrected chi connectivity index (χ2v) is 8.55. The standard InChI is InChI=1S/C19H23N5O2S2/c1-5-23-6-8-24(9-7-23)16-13(10-15-18(26)22(4)19(27)28-15)12(2)14(11-20)17(25)21(16)3/h10H,5-9H2,1-4H3/b15-10+. The van der Waals surface area contributed by atoms with Gasteiger partial charge in [-0.1, -0.05) is 30.9 Å². The molecule has 2 saturated heterocycles. The lowest BCUT2D eigenvalue weighted by atomic mass is 10.0. The first-order chi connectivity index (χ1) is 13.3. The number of piperazine rings is 1. The number of nitriles is 1. The Labute approximate surface area is 174 Å². The van der Waals surface area contributed by atoms with Gasteiger partial charge < -0.3 is 9.80 Å². The van der Waals surface area contributed by atoms with E-state index in [1.807, 2.05) is 6.07 Å². The van der Waals surface area contributed by atoms with E-state index in [-0.39, 0.29) is 17.0 Å². The fraction of sp³-hybridized carbons (Fsp3) is 0.474. The number of anilines is 1. The Morgan fingerprint density at radius 3 is 2.36 bits per heavy atom. The van der Waals surface area contributed by atoms with Gasteiger partial charge in [-0.3, -0.25) is 19.1 Å². The number of aromatic nitrogens is 1. The van der Waals surface area contributed by atoms with Crippen molar-refractivity contribution in [1.82, 2.24) is 14.4 Å². The molecule has 0 saturated carbocycles. The first-order valence-corrected chi connectivity index (χ1v) is 10.3. The summed E-state index contributed by atoms with van der Waals surface area (Å²) in [6.45, 7) is 8.26. The van der Waals surface area contributed by atoms with E-state index in [2.05, 4.69) is 16.7 Å². The highest BCUT2D eigenvalue weighted by atomic mass is 32.2. The van der Waals surface area contributed by atoms with Crippen LogP contribution in [0.1, 0.15) is 23.6 Å². The molecule has 2 fully saturated rings. The molecule has 3 rings (SSSR count). The zero-order chi connectivity index (χ0) is 20.6. The SMILES string of the molecule is CCN1CCN(c2c(/C=C3/SC(=S)N(C)C3=O)c(C)c(C#N)c(=O)n2C)CC1. The molecule has 1 aromatic heterocycles. The van der Waals surface area contributed by atoms with E-state index in [1.54, 1.807) is 27.1 Å². The van der Waals surface area contributed by atoms with Crippen LogP contribution in [-0.2, 0) is 11.8 Å². The summed E-state index contributed by atoms with van der Waals surface area (Å²) in [5.41, 5.74) is 1.13. The number of nitrogens with zero attached hydrogens (tertiary/aromatic N) is 5. The van der Waals surface area contributed by atoms with Crippen LogP contribution in [-0.4, -0.2) is 64.4 Å². The molecule has 0 aliphatic carbocycles. The molecule has 0 N–H and O–H groups in total. The number of amides is 1. The Morgan fingerprint density at radius 2 is 1.86 bits per heavy atom. The molecule has 28 heavy (non-hydrogen) atoms. The van der Waals surface area contributed by atoms with Gasteiger partial charge in [-0.2, -0.15) is 5.26 Å². The van der Waals surface area contributed by atoms with Crippen LogP contribution < -0.4 is 10.5 Å². The molecule has 9 heteroatoms. The number of carbonyl (C=O) groups is 1. The Morgan fingerprint density at radius 1 is 1.21 bits per heavy atom. The van der Waals surface area contributed by atoms with Crippen LogP contribution in [0.3, 0.4) is 0 Å². The van der Waals surface area contributed by atoms with Crippen molar-refractivity contribution in [2.75, 3.05) is 44.7 Å². The fourth-order valence-electron chi connectivity index (χ4n) is 3.55. The van der Waals surface area contributed by atoms with E-state index in [9.17, 15) is 14.9 Å². The van der Waals surface area contributed by atoms with Crippen molar-refractivity contribution in [3.63, 3.8) is 0 Å². The third kappa shape index (κ3) is 3.48. The molecular weight excluding hydrogens is 394 g/mol. The van der Waals surface area contributed by atoms with Gasteiger partial charge in [0.05, 0.1) is 4.91 Å². The van der Waals surface area contributed by atoms with Gasteiger partial charge in [0.2, 0.25) is 0 Å². The zero-order valence-electron chi connectivity index (χ0n) is 16.5. The molecule has 0 spiro atoms. The van der Waals surface area contributed by atoms with E-state index in [4.69, 9.17) is 12.2 Å². The van der Waals surface area contributed by atoms with Crippen LogP contribution in [0.2, 0.25) is 0 Å². The number of pyridine rings is 1. The summed E-state index contributed by atoms with van der Waals surface area (Å²) >= 11 is 6.47. The van der Waals surface area contributed by atoms with Crippen LogP contribution in [0, 0.1) is 18.3 Å². The Balaban J connectivity index is 2.17. The van der Waals surface area contributed by atoms with Crippen LogP contribution >= 0.6 is 24.0 Å². The van der Waals surface area contributed by atoms with Gasteiger partial charge in [0.1, 0.15) is 21.8 Å². The monoisotopic (exact) mass is 417 g/mol. The summed E-state index contributed by atoms with van der Waals surface area (Å²) in [5.74, 6) is 0.585. The smallest absolute Gasteiger partial charge is 0.270 e. The minimum atomic E-state index is -0.312. The average Bonchev–Trinajstić information content (AvgIpc) is 2.93. The number of carbonyl (C=O) groups excluding carboxylic acids is 1. The maximum atomic E-state index is 12.7. The van der Waals surface area contributed by atoms with Gasteiger partial charge in [-0.25, -0.2) is 0 Å². The van der Waals surface area contributed by atoms with Gasteiger partial charge in [-0.15, -0.1) is 0 Å². The molecule has 0 aromatic carbocycles. The number of rotatable bonds is 3. The van der Waals surface area contributed by atoms with Crippen molar-refractivity contribution >= 4 is 46.1 Å². The van der Waals surface area contributed by atoms with Gasteiger partial charge in [0.25, 0.3) is 11.5 Å². The molecule has 0 atom stereocenters. The molecule has 0 unspecified atom stereocenters.